The van der Waals surface area contributed by atoms with Crippen LogP contribution in [0.3, 0.4) is 0 Å². The molecule has 0 unspecified atom stereocenters. The summed E-state index contributed by atoms with van der Waals surface area (Å²) in [5.41, 5.74) is 3.57. The highest BCUT2D eigenvalue weighted by molar-refractivity contribution is 5.87. The number of aryl methyl sites for hydroxylation is 1. The van der Waals surface area contributed by atoms with Crippen molar-refractivity contribution in [3.8, 4) is 11.3 Å². The third kappa shape index (κ3) is 1.74. The van der Waals surface area contributed by atoms with Crippen LogP contribution in [0.4, 0.5) is 5.82 Å². The lowest BCUT2D eigenvalue weighted by molar-refractivity contribution is 0.859. The zero-order chi connectivity index (χ0) is 14.4. The molecule has 0 saturated heterocycles. The van der Waals surface area contributed by atoms with Crippen molar-refractivity contribution in [3.05, 3.63) is 42.6 Å². The molecule has 1 N–H and O–H groups in total. The normalized spacial score (nSPS) is 11.3. The van der Waals surface area contributed by atoms with E-state index in [1.165, 1.54) is 0 Å². The maximum atomic E-state index is 4.58. The van der Waals surface area contributed by atoms with Crippen molar-refractivity contribution in [2.45, 2.75) is 6.92 Å². The van der Waals surface area contributed by atoms with Crippen LogP contribution in [0.25, 0.3) is 22.4 Å². The maximum Gasteiger partial charge on any atom is 0.154 e. The van der Waals surface area contributed by atoms with E-state index in [0.29, 0.717) is 5.82 Å². The monoisotopic (exact) mass is 279 g/mol. The molecule has 4 heterocycles. The lowest BCUT2D eigenvalue weighted by Crippen LogP contribution is -2.03. The largest absolute Gasteiger partial charge is 0.371 e. The Morgan fingerprint density at radius 3 is 2.81 bits per heavy atom. The topological polar surface area (TPSA) is 72.4 Å². The summed E-state index contributed by atoms with van der Waals surface area (Å²) in [5, 5.41) is 12.1. The molecule has 21 heavy (non-hydrogen) atoms. The molecule has 0 saturated carbocycles. The number of hydrogen-bond donors (Lipinski definition) is 1. The van der Waals surface area contributed by atoms with Gasteiger partial charge in [-0.05, 0) is 25.1 Å². The number of fused-ring (bicyclic) bond motifs is 2. The van der Waals surface area contributed by atoms with Crippen molar-refractivity contribution >= 4 is 17.0 Å². The molecular weight excluding hydrogens is 266 g/mol. The molecule has 0 atom stereocenters. The summed E-state index contributed by atoms with van der Waals surface area (Å²) in [6.07, 6.45) is 5.48. The van der Waals surface area contributed by atoms with E-state index in [9.17, 15) is 0 Å². The SMILES string of the molecule is CNc1nc(C)nn2ccc(-c3ccc4nccn4n3)c12. The van der Waals surface area contributed by atoms with Crippen LogP contribution in [0.2, 0.25) is 0 Å². The predicted molar refractivity (Wildman–Crippen MR) is 79.3 cm³/mol. The molecule has 0 aliphatic rings. The minimum atomic E-state index is 0.715. The summed E-state index contributed by atoms with van der Waals surface area (Å²) in [4.78, 5) is 8.65. The fourth-order valence-electron chi connectivity index (χ4n) is 2.47. The van der Waals surface area contributed by atoms with Gasteiger partial charge >= 0.3 is 0 Å². The fourth-order valence-corrected chi connectivity index (χ4v) is 2.47. The molecule has 0 bridgehead atoms. The molecule has 0 aromatic carbocycles. The predicted octanol–water partition coefficient (Wildman–Crippen LogP) is 1.79. The van der Waals surface area contributed by atoms with Gasteiger partial charge in [0.15, 0.2) is 11.5 Å². The average molecular weight is 279 g/mol. The minimum absolute atomic E-state index is 0.715. The van der Waals surface area contributed by atoms with Crippen LogP contribution in [0, 0.1) is 6.92 Å². The highest BCUT2D eigenvalue weighted by Gasteiger charge is 2.13. The minimum Gasteiger partial charge on any atom is -0.371 e. The van der Waals surface area contributed by atoms with Gasteiger partial charge in [0, 0.05) is 31.2 Å². The Hall–Kier alpha value is -2.96. The van der Waals surface area contributed by atoms with Crippen molar-refractivity contribution in [1.29, 1.82) is 0 Å². The van der Waals surface area contributed by atoms with E-state index >= 15 is 0 Å². The first-order valence-corrected chi connectivity index (χ1v) is 6.61. The van der Waals surface area contributed by atoms with Crippen molar-refractivity contribution in [3.63, 3.8) is 0 Å². The molecule has 0 aliphatic carbocycles. The summed E-state index contributed by atoms with van der Waals surface area (Å²) in [7, 11) is 1.85. The number of nitrogens with one attached hydrogen (secondary N) is 1. The molecule has 7 heteroatoms. The van der Waals surface area contributed by atoms with Crippen LogP contribution in [0.1, 0.15) is 5.82 Å². The Bertz CT molecular complexity index is 950. The van der Waals surface area contributed by atoms with Gasteiger partial charge in [-0.1, -0.05) is 0 Å². The average Bonchev–Trinajstić information content (AvgIpc) is 3.11. The second-order valence-corrected chi connectivity index (χ2v) is 4.73. The van der Waals surface area contributed by atoms with E-state index in [1.54, 1.807) is 10.7 Å². The van der Waals surface area contributed by atoms with Crippen molar-refractivity contribution < 1.29 is 0 Å². The van der Waals surface area contributed by atoms with Crippen molar-refractivity contribution in [2.24, 2.45) is 0 Å². The zero-order valence-corrected chi connectivity index (χ0v) is 11.6. The summed E-state index contributed by atoms with van der Waals surface area (Å²) in [6, 6.07) is 5.90. The number of aromatic nitrogens is 6. The lowest BCUT2D eigenvalue weighted by atomic mass is 10.2. The van der Waals surface area contributed by atoms with Crippen LogP contribution in [0.15, 0.2) is 36.8 Å². The Balaban J connectivity index is 2.01. The number of imidazole rings is 1. The van der Waals surface area contributed by atoms with E-state index in [4.69, 9.17) is 0 Å². The van der Waals surface area contributed by atoms with Crippen LogP contribution in [-0.4, -0.2) is 36.2 Å². The van der Waals surface area contributed by atoms with Gasteiger partial charge in [0.25, 0.3) is 0 Å². The molecule has 0 amide bonds. The van der Waals surface area contributed by atoms with Gasteiger partial charge < -0.3 is 5.32 Å². The van der Waals surface area contributed by atoms with Crippen LogP contribution >= 0.6 is 0 Å². The van der Waals surface area contributed by atoms with Gasteiger partial charge in [0.1, 0.15) is 11.3 Å². The summed E-state index contributed by atoms with van der Waals surface area (Å²) in [6.45, 7) is 1.87. The van der Waals surface area contributed by atoms with Gasteiger partial charge in [0.05, 0.1) is 5.69 Å². The standard InChI is InChI=1S/C14H13N7/c1-9-17-14(15-2)13-10(5-7-21(13)18-9)11-3-4-12-16-6-8-20(12)19-11/h3-8H,1-2H3,(H,15,17,18). The smallest absolute Gasteiger partial charge is 0.154 e. The molecule has 0 spiro atoms. The number of anilines is 1. The highest BCUT2D eigenvalue weighted by Crippen LogP contribution is 2.28. The first kappa shape index (κ1) is 11.8. The third-order valence-corrected chi connectivity index (χ3v) is 3.38. The van der Waals surface area contributed by atoms with E-state index in [1.807, 2.05) is 49.1 Å². The van der Waals surface area contributed by atoms with Crippen LogP contribution < -0.4 is 5.32 Å². The third-order valence-electron chi connectivity index (χ3n) is 3.38. The Labute approximate surface area is 120 Å². The Morgan fingerprint density at radius 1 is 1.05 bits per heavy atom. The molecule has 4 aromatic heterocycles. The molecule has 104 valence electrons. The van der Waals surface area contributed by atoms with Gasteiger partial charge in [-0.25, -0.2) is 19.0 Å². The Kier molecular flexibility index (Phi) is 2.41. The van der Waals surface area contributed by atoms with E-state index in [2.05, 4.69) is 25.5 Å². The molecular formula is C14H13N7. The zero-order valence-electron chi connectivity index (χ0n) is 11.6. The number of hydrogen-bond acceptors (Lipinski definition) is 5. The highest BCUT2D eigenvalue weighted by atomic mass is 15.3. The molecule has 7 nitrogen and oxygen atoms in total. The Morgan fingerprint density at radius 2 is 1.95 bits per heavy atom. The quantitative estimate of drug-likeness (QED) is 0.605. The van der Waals surface area contributed by atoms with Crippen molar-refractivity contribution in [2.75, 3.05) is 12.4 Å². The van der Waals surface area contributed by atoms with E-state index < -0.39 is 0 Å². The molecule has 0 aliphatic heterocycles. The second kappa shape index (κ2) is 4.27. The van der Waals surface area contributed by atoms with Gasteiger partial charge in [0.2, 0.25) is 0 Å². The fraction of sp³-hybridized carbons (Fsp3) is 0.143. The van der Waals surface area contributed by atoms with E-state index in [-0.39, 0.29) is 0 Å². The molecule has 4 aromatic rings. The van der Waals surface area contributed by atoms with E-state index in [0.717, 1.165) is 28.2 Å². The van der Waals surface area contributed by atoms with Crippen molar-refractivity contribution in [1.82, 2.24) is 29.2 Å². The van der Waals surface area contributed by atoms with Gasteiger partial charge in [-0.2, -0.15) is 10.2 Å². The van der Waals surface area contributed by atoms with Gasteiger partial charge in [-0.15, -0.1) is 0 Å². The maximum absolute atomic E-state index is 4.58. The first-order chi connectivity index (χ1) is 10.3. The first-order valence-electron chi connectivity index (χ1n) is 6.61. The van der Waals surface area contributed by atoms with Crippen LogP contribution in [0.5, 0.6) is 0 Å². The summed E-state index contributed by atoms with van der Waals surface area (Å²) in [5.74, 6) is 1.50. The summed E-state index contributed by atoms with van der Waals surface area (Å²) >= 11 is 0. The second-order valence-electron chi connectivity index (χ2n) is 4.73. The molecule has 0 radical (unpaired) electrons. The van der Waals surface area contributed by atoms with Crippen LogP contribution in [-0.2, 0) is 0 Å². The number of nitrogens with zero attached hydrogens (tertiary/aromatic N) is 6. The summed E-state index contributed by atoms with van der Waals surface area (Å²) < 4.78 is 3.58. The van der Waals surface area contributed by atoms with Gasteiger partial charge in [-0.3, -0.25) is 0 Å². The molecule has 4 rings (SSSR count). The number of rotatable bonds is 2. The lowest BCUT2D eigenvalue weighted by Gasteiger charge is -2.06. The molecule has 0 fully saturated rings.